The Balaban J connectivity index is 2.02. The molecule has 0 aliphatic rings. The van der Waals surface area contributed by atoms with E-state index in [0.717, 1.165) is 16.8 Å². The molecule has 1 N–H and O–H groups in total. The molecule has 0 aliphatic carbocycles. The van der Waals surface area contributed by atoms with Crippen molar-refractivity contribution in [1.29, 1.82) is 5.26 Å². The van der Waals surface area contributed by atoms with Gasteiger partial charge in [-0.2, -0.15) is 5.26 Å². The average Bonchev–Trinajstić information content (AvgIpc) is 3.02. The number of nitriles is 1. The van der Waals surface area contributed by atoms with E-state index in [0.29, 0.717) is 29.2 Å². The molecule has 0 saturated carbocycles. The quantitative estimate of drug-likeness (QED) is 0.722. The average molecular weight is 334 g/mol. The number of allylic oxidation sites excluding steroid dienone is 1. The Hall–Kier alpha value is -3.24. The third-order valence-corrected chi connectivity index (χ3v) is 3.89. The Kier molecular flexibility index (Phi) is 4.73. The number of ether oxygens (including phenoxy) is 1. The fourth-order valence-corrected chi connectivity index (χ4v) is 2.65. The molecule has 0 radical (unpaired) electrons. The molecule has 3 aromatic rings. The summed E-state index contributed by atoms with van der Waals surface area (Å²) in [5, 5.41) is 12.8. The van der Waals surface area contributed by atoms with Crippen LogP contribution in [-0.2, 0) is 11.5 Å². The molecule has 7 heteroatoms. The van der Waals surface area contributed by atoms with Crippen molar-refractivity contribution in [2.75, 3.05) is 12.4 Å². The van der Waals surface area contributed by atoms with E-state index in [-0.39, 0.29) is 0 Å². The first-order chi connectivity index (χ1) is 12.2. The van der Waals surface area contributed by atoms with Gasteiger partial charge in [0, 0.05) is 19.0 Å². The van der Waals surface area contributed by atoms with Crippen molar-refractivity contribution in [3.63, 3.8) is 0 Å². The highest BCUT2D eigenvalue weighted by atomic mass is 16.5. The lowest BCUT2D eigenvalue weighted by Crippen LogP contribution is -2.01. The van der Waals surface area contributed by atoms with Gasteiger partial charge >= 0.3 is 0 Å². The number of methoxy groups -OCH3 is 1. The van der Waals surface area contributed by atoms with Crippen LogP contribution in [0.3, 0.4) is 0 Å². The van der Waals surface area contributed by atoms with Crippen LogP contribution in [0.15, 0.2) is 37.1 Å². The fraction of sp³-hybridized carbons (Fsp3) is 0.222. The second-order valence-electron chi connectivity index (χ2n) is 5.61. The molecule has 0 saturated heterocycles. The highest BCUT2D eigenvalue weighted by Gasteiger charge is 2.14. The fourth-order valence-electron chi connectivity index (χ4n) is 2.65. The van der Waals surface area contributed by atoms with Crippen molar-refractivity contribution in [2.24, 2.45) is 0 Å². The van der Waals surface area contributed by atoms with Gasteiger partial charge in [-0.05, 0) is 25.0 Å². The molecule has 0 amide bonds. The van der Waals surface area contributed by atoms with Gasteiger partial charge in [-0.1, -0.05) is 18.2 Å². The third kappa shape index (κ3) is 3.20. The molecular weight excluding hydrogens is 316 g/mol. The summed E-state index contributed by atoms with van der Waals surface area (Å²) in [6.45, 7) is 4.37. The van der Waals surface area contributed by atoms with E-state index >= 15 is 0 Å². The predicted molar refractivity (Wildman–Crippen MR) is 95.5 cm³/mol. The lowest BCUT2D eigenvalue weighted by molar-refractivity contribution is 0.134. The maximum atomic E-state index is 9.59. The molecule has 1 aromatic carbocycles. The molecule has 25 heavy (non-hydrogen) atoms. The van der Waals surface area contributed by atoms with Gasteiger partial charge in [0.1, 0.15) is 30.3 Å². The van der Waals surface area contributed by atoms with Gasteiger partial charge < -0.3 is 10.1 Å². The Morgan fingerprint density at radius 2 is 2.04 bits per heavy atom. The molecule has 0 unspecified atom stereocenters. The van der Waals surface area contributed by atoms with Crippen LogP contribution in [0.2, 0.25) is 0 Å². The lowest BCUT2D eigenvalue weighted by Gasteiger charge is -2.09. The first-order valence-corrected chi connectivity index (χ1v) is 7.74. The van der Waals surface area contributed by atoms with Crippen molar-refractivity contribution >= 4 is 22.4 Å². The monoisotopic (exact) mass is 334 g/mol. The van der Waals surface area contributed by atoms with Gasteiger partial charge in [0.05, 0.1) is 11.9 Å². The smallest absolute Gasteiger partial charge is 0.165 e. The van der Waals surface area contributed by atoms with Gasteiger partial charge in [-0.15, -0.1) is 0 Å². The number of aryl methyl sites for hydroxylation is 2. The molecule has 2 aromatic heterocycles. The van der Waals surface area contributed by atoms with E-state index in [2.05, 4.69) is 26.3 Å². The first-order valence-electron chi connectivity index (χ1n) is 7.74. The largest absolute Gasteiger partial charge is 0.364 e. The van der Waals surface area contributed by atoms with E-state index in [9.17, 15) is 5.26 Å². The van der Waals surface area contributed by atoms with Gasteiger partial charge in [-0.25, -0.2) is 15.0 Å². The number of rotatable bonds is 5. The summed E-state index contributed by atoms with van der Waals surface area (Å²) in [6, 6.07) is 8.23. The van der Waals surface area contributed by atoms with Gasteiger partial charge in [0.25, 0.3) is 0 Å². The summed E-state index contributed by atoms with van der Waals surface area (Å²) < 4.78 is 6.88. The van der Waals surface area contributed by atoms with Crippen LogP contribution in [0.1, 0.15) is 16.8 Å². The van der Waals surface area contributed by atoms with Crippen molar-refractivity contribution in [3.8, 4) is 6.07 Å². The number of fused-ring (bicyclic) bond motifs is 1. The number of nitrogens with one attached hydrogen (secondary N) is 1. The lowest BCUT2D eigenvalue weighted by atomic mass is 10.1. The maximum Gasteiger partial charge on any atom is 0.165 e. The van der Waals surface area contributed by atoms with Gasteiger partial charge in [-0.3, -0.25) is 4.57 Å². The number of para-hydroxylation sites is 1. The summed E-state index contributed by atoms with van der Waals surface area (Å²) in [5.74, 6) is 0. The third-order valence-electron chi connectivity index (χ3n) is 3.89. The second-order valence-corrected chi connectivity index (χ2v) is 5.61. The molecule has 0 bridgehead atoms. The van der Waals surface area contributed by atoms with Gasteiger partial charge in [0.15, 0.2) is 5.65 Å². The maximum absolute atomic E-state index is 9.59. The number of anilines is 1. The number of hydrogen-bond acceptors (Lipinski definition) is 6. The Morgan fingerprint density at radius 1 is 1.28 bits per heavy atom. The zero-order valence-electron chi connectivity index (χ0n) is 14.3. The number of benzene rings is 1. The van der Waals surface area contributed by atoms with Crippen molar-refractivity contribution in [2.45, 2.75) is 20.6 Å². The number of hydrogen-bond donors (Lipinski definition) is 1. The standard InChI is InChI=1S/C18H18N6O/c1-12-5-4-6-13(2)15(12)20-8-14(7-19)16-17-18(22-9-21-16)24(10-23-17)11-25-3/h4-6,8-10,20H,11H2,1-3H3/b14-8+. The molecule has 0 spiro atoms. The van der Waals surface area contributed by atoms with E-state index in [1.54, 1.807) is 24.2 Å². The molecule has 7 nitrogen and oxygen atoms in total. The molecule has 2 heterocycles. The number of nitrogens with zero attached hydrogens (tertiary/aromatic N) is 5. The SMILES string of the molecule is COCn1cnc2c(/C(C#N)=C/Nc3c(C)cccc3C)ncnc21. The predicted octanol–water partition coefficient (Wildman–Crippen LogP) is 3.02. The van der Waals surface area contributed by atoms with E-state index in [1.165, 1.54) is 6.33 Å². The summed E-state index contributed by atoms with van der Waals surface area (Å²) in [4.78, 5) is 12.8. The minimum absolute atomic E-state index is 0.333. The van der Waals surface area contributed by atoms with Crippen LogP contribution in [0.5, 0.6) is 0 Å². The topological polar surface area (TPSA) is 88.7 Å². The van der Waals surface area contributed by atoms with Crippen molar-refractivity contribution in [1.82, 2.24) is 19.5 Å². The minimum atomic E-state index is 0.333. The van der Waals surface area contributed by atoms with Crippen molar-refractivity contribution < 1.29 is 4.74 Å². The zero-order valence-corrected chi connectivity index (χ0v) is 14.3. The van der Waals surface area contributed by atoms with Crippen LogP contribution in [-0.4, -0.2) is 26.6 Å². The number of aromatic nitrogens is 4. The first kappa shape index (κ1) is 16.6. The van der Waals surface area contributed by atoms with Crippen LogP contribution in [0.4, 0.5) is 5.69 Å². The molecule has 0 atom stereocenters. The molecule has 0 aliphatic heterocycles. The highest BCUT2D eigenvalue weighted by molar-refractivity contribution is 5.90. The number of imidazole rings is 1. The molecule has 126 valence electrons. The molecular formula is C18H18N6O. The Labute approximate surface area is 145 Å². The second kappa shape index (κ2) is 7.11. The summed E-state index contributed by atoms with van der Waals surface area (Å²) in [5.41, 5.74) is 5.25. The van der Waals surface area contributed by atoms with Crippen LogP contribution in [0.25, 0.3) is 16.7 Å². The summed E-state index contributed by atoms with van der Waals surface area (Å²) in [6.07, 6.45) is 4.71. The Bertz CT molecular complexity index is 963. The summed E-state index contributed by atoms with van der Waals surface area (Å²) >= 11 is 0. The van der Waals surface area contributed by atoms with Crippen molar-refractivity contribution in [3.05, 3.63) is 53.9 Å². The summed E-state index contributed by atoms with van der Waals surface area (Å²) in [7, 11) is 1.60. The Morgan fingerprint density at radius 3 is 2.72 bits per heavy atom. The van der Waals surface area contributed by atoms with Crippen LogP contribution >= 0.6 is 0 Å². The van der Waals surface area contributed by atoms with Crippen LogP contribution in [0, 0.1) is 25.2 Å². The minimum Gasteiger partial charge on any atom is -0.364 e. The van der Waals surface area contributed by atoms with Gasteiger partial charge in [0.2, 0.25) is 0 Å². The molecule has 0 fully saturated rings. The van der Waals surface area contributed by atoms with E-state index in [1.807, 2.05) is 32.0 Å². The normalized spacial score (nSPS) is 11.5. The zero-order chi connectivity index (χ0) is 17.8. The molecule has 3 rings (SSSR count). The van der Waals surface area contributed by atoms with E-state index in [4.69, 9.17) is 4.74 Å². The van der Waals surface area contributed by atoms with Crippen LogP contribution < -0.4 is 5.32 Å². The highest BCUT2D eigenvalue weighted by Crippen LogP contribution is 2.23. The van der Waals surface area contributed by atoms with E-state index < -0.39 is 0 Å².